The average molecular weight is 399 g/mol. The Balaban J connectivity index is 1.80. The van der Waals surface area contributed by atoms with Gasteiger partial charge >= 0.3 is 5.97 Å². The van der Waals surface area contributed by atoms with Crippen LogP contribution < -0.4 is 10.9 Å². The molecule has 0 saturated carbocycles. The number of benzene rings is 1. The zero-order chi connectivity index (χ0) is 20.4. The summed E-state index contributed by atoms with van der Waals surface area (Å²) in [6, 6.07) is 5.65. The molecule has 7 nitrogen and oxygen atoms in total. The van der Waals surface area contributed by atoms with Gasteiger partial charge in [0.1, 0.15) is 10.9 Å². The van der Waals surface area contributed by atoms with Crippen molar-refractivity contribution in [3.8, 4) is 0 Å². The summed E-state index contributed by atoms with van der Waals surface area (Å²) in [7, 11) is 0. The number of carbonyl (C=O) groups excluding carboxylic acids is 2. The summed E-state index contributed by atoms with van der Waals surface area (Å²) in [5.74, 6) is -0.766. The number of thiophene rings is 1. The minimum atomic E-state index is -0.742. The normalized spacial score (nSPS) is 12.0. The predicted octanol–water partition coefficient (Wildman–Crippen LogP) is 3.45. The first kappa shape index (κ1) is 19.8. The van der Waals surface area contributed by atoms with Crippen LogP contribution in [-0.2, 0) is 9.53 Å². The number of carbonyl (C=O) groups is 2. The molecular weight excluding hydrogens is 378 g/mol. The van der Waals surface area contributed by atoms with Crippen LogP contribution in [0.1, 0.15) is 40.7 Å². The molecule has 28 heavy (non-hydrogen) atoms. The van der Waals surface area contributed by atoms with Gasteiger partial charge in [0.05, 0.1) is 23.9 Å². The van der Waals surface area contributed by atoms with Crippen molar-refractivity contribution in [3.63, 3.8) is 0 Å². The standard InChI is InChI=1S/C20H21N3O4S/c1-5-27-20(26)14-6-8-15(9-7-14)22-17(24)12(3)23-10-21-18-16(19(23)25)11(2)13(4)28-18/h6-10,12H,5H2,1-4H3,(H,22,24). The molecule has 3 rings (SSSR count). The van der Waals surface area contributed by atoms with E-state index in [0.29, 0.717) is 28.1 Å². The van der Waals surface area contributed by atoms with Crippen molar-refractivity contribution < 1.29 is 14.3 Å². The van der Waals surface area contributed by atoms with Gasteiger partial charge in [0.15, 0.2) is 0 Å². The maximum atomic E-state index is 12.8. The molecule has 146 valence electrons. The third kappa shape index (κ3) is 3.68. The molecule has 1 N–H and O–H groups in total. The Bertz CT molecular complexity index is 1100. The molecule has 3 aromatic rings. The lowest BCUT2D eigenvalue weighted by molar-refractivity contribution is -0.118. The number of nitrogens with one attached hydrogen (secondary N) is 1. The number of hydrogen-bond donors (Lipinski definition) is 1. The highest BCUT2D eigenvalue weighted by molar-refractivity contribution is 7.18. The number of aryl methyl sites for hydroxylation is 2. The van der Waals surface area contributed by atoms with Gasteiger partial charge in [-0.2, -0.15) is 0 Å². The smallest absolute Gasteiger partial charge is 0.338 e. The average Bonchev–Trinajstić information content (AvgIpc) is 2.97. The van der Waals surface area contributed by atoms with Gasteiger partial charge in [-0.25, -0.2) is 9.78 Å². The quantitative estimate of drug-likeness (QED) is 0.664. The van der Waals surface area contributed by atoms with Crippen LogP contribution in [0, 0.1) is 13.8 Å². The fourth-order valence-corrected chi connectivity index (χ4v) is 3.79. The van der Waals surface area contributed by atoms with Crippen LogP contribution in [0.15, 0.2) is 35.4 Å². The molecule has 1 aromatic carbocycles. The number of amides is 1. The first-order chi connectivity index (χ1) is 13.3. The number of fused-ring (bicyclic) bond motifs is 1. The lowest BCUT2D eigenvalue weighted by Gasteiger charge is -2.15. The van der Waals surface area contributed by atoms with Crippen molar-refractivity contribution in [3.05, 3.63) is 57.0 Å². The van der Waals surface area contributed by atoms with E-state index in [2.05, 4.69) is 10.3 Å². The molecule has 0 aliphatic heterocycles. The van der Waals surface area contributed by atoms with Crippen LogP contribution in [0.4, 0.5) is 5.69 Å². The van der Waals surface area contributed by atoms with Gasteiger partial charge in [-0.15, -0.1) is 11.3 Å². The van der Waals surface area contributed by atoms with E-state index in [0.717, 1.165) is 10.4 Å². The van der Waals surface area contributed by atoms with Crippen LogP contribution in [0.5, 0.6) is 0 Å². The monoisotopic (exact) mass is 399 g/mol. The Labute approximate surface area is 166 Å². The molecule has 1 atom stereocenters. The second-order valence-electron chi connectivity index (χ2n) is 6.38. The molecule has 1 amide bonds. The molecule has 2 aromatic heterocycles. The topological polar surface area (TPSA) is 90.3 Å². The molecule has 0 radical (unpaired) electrons. The van der Waals surface area contributed by atoms with Crippen LogP contribution >= 0.6 is 11.3 Å². The van der Waals surface area contributed by atoms with E-state index in [1.165, 1.54) is 22.2 Å². The molecular formula is C20H21N3O4S. The zero-order valence-corrected chi connectivity index (χ0v) is 16.9. The van der Waals surface area contributed by atoms with Gasteiger partial charge in [0.2, 0.25) is 5.91 Å². The molecule has 1 unspecified atom stereocenters. The number of hydrogen-bond acceptors (Lipinski definition) is 6. The van der Waals surface area contributed by atoms with Gasteiger partial charge in [-0.1, -0.05) is 0 Å². The minimum absolute atomic E-state index is 0.229. The van der Waals surface area contributed by atoms with E-state index in [1.54, 1.807) is 38.1 Å². The number of esters is 1. The second-order valence-corrected chi connectivity index (χ2v) is 7.59. The van der Waals surface area contributed by atoms with Crippen molar-refractivity contribution in [1.29, 1.82) is 0 Å². The fourth-order valence-electron chi connectivity index (χ4n) is 2.80. The van der Waals surface area contributed by atoms with E-state index in [-0.39, 0.29) is 11.5 Å². The molecule has 0 bridgehead atoms. The number of nitrogens with zero attached hydrogens (tertiary/aromatic N) is 2. The number of anilines is 1. The molecule has 0 spiro atoms. The lowest BCUT2D eigenvalue weighted by Crippen LogP contribution is -2.31. The second kappa shape index (κ2) is 7.93. The summed E-state index contributed by atoms with van der Waals surface area (Å²) in [6.45, 7) is 7.51. The van der Waals surface area contributed by atoms with E-state index < -0.39 is 12.0 Å². The van der Waals surface area contributed by atoms with Crippen molar-refractivity contribution in [2.75, 3.05) is 11.9 Å². The van der Waals surface area contributed by atoms with Crippen LogP contribution in [0.25, 0.3) is 10.2 Å². The molecule has 8 heteroatoms. The van der Waals surface area contributed by atoms with Gasteiger partial charge in [0, 0.05) is 10.6 Å². The number of ether oxygens (including phenoxy) is 1. The Morgan fingerprint density at radius 1 is 1.25 bits per heavy atom. The van der Waals surface area contributed by atoms with Crippen molar-refractivity contribution in [1.82, 2.24) is 9.55 Å². The van der Waals surface area contributed by atoms with Gasteiger partial charge in [-0.05, 0) is 57.5 Å². The maximum absolute atomic E-state index is 12.8. The van der Waals surface area contributed by atoms with E-state index in [4.69, 9.17) is 4.74 Å². The highest BCUT2D eigenvalue weighted by atomic mass is 32.1. The summed E-state index contributed by atoms with van der Waals surface area (Å²) in [4.78, 5) is 43.2. The lowest BCUT2D eigenvalue weighted by atomic mass is 10.2. The van der Waals surface area contributed by atoms with E-state index in [1.807, 2.05) is 13.8 Å². The van der Waals surface area contributed by atoms with Gasteiger partial charge < -0.3 is 10.1 Å². The molecule has 0 aliphatic carbocycles. The SMILES string of the molecule is CCOC(=O)c1ccc(NC(=O)C(C)n2cnc3sc(C)c(C)c3c2=O)cc1. The summed E-state index contributed by atoms with van der Waals surface area (Å²) in [5.41, 5.74) is 1.60. The molecule has 0 aliphatic rings. The Hall–Kier alpha value is -3.00. The Morgan fingerprint density at radius 3 is 2.57 bits per heavy atom. The summed E-state index contributed by atoms with van der Waals surface area (Å²) >= 11 is 1.47. The largest absolute Gasteiger partial charge is 0.462 e. The Kier molecular flexibility index (Phi) is 5.60. The summed E-state index contributed by atoms with van der Waals surface area (Å²) < 4.78 is 6.27. The fraction of sp³-hybridized carbons (Fsp3) is 0.300. The van der Waals surface area contributed by atoms with Gasteiger partial charge in [0.25, 0.3) is 5.56 Å². The molecule has 0 fully saturated rings. The van der Waals surface area contributed by atoms with Gasteiger partial charge in [-0.3, -0.25) is 14.2 Å². The molecule has 0 saturated heterocycles. The van der Waals surface area contributed by atoms with E-state index >= 15 is 0 Å². The third-order valence-electron chi connectivity index (χ3n) is 4.57. The first-order valence-corrected chi connectivity index (χ1v) is 9.70. The van der Waals surface area contributed by atoms with Crippen LogP contribution in [-0.4, -0.2) is 28.0 Å². The summed E-state index contributed by atoms with van der Waals surface area (Å²) in [5, 5.41) is 3.32. The highest BCUT2D eigenvalue weighted by Gasteiger charge is 2.20. The first-order valence-electron chi connectivity index (χ1n) is 8.88. The Morgan fingerprint density at radius 2 is 1.93 bits per heavy atom. The van der Waals surface area contributed by atoms with Crippen LogP contribution in [0.3, 0.4) is 0 Å². The third-order valence-corrected chi connectivity index (χ3v) is 5.69. The highest BCUT2D eigenvalue weighted by Crippen LogP contribution is 2.26. The zero-order valence-electron chi connectivity index (χ0n) is 16.1. The molecule has 2 heterocycles. The number of rotatable bonds is 5. The maximum Gasteiger partial charge on any atom is 0.338 e. The van der Waals surface area contributed by atoms with E-state index in [9.17, 15) is 14.4 Å². The number of aromatic nitrogens is 2. The van der Waals surface area contributed by atoms with Crippen molar-refractivity contribution in [2.45, 2.75) is 33.7 Å². The van der Waals surface area contributed by atoms with Crippen molar-refractivity contribution >= 4 is 39.1 Å². The summed E-state index contributed by atoms with van der Waals surface area (Å²) in [6.07, 6.45) is 1.41. The minimum Gasteiger partial charge on any atom is -0.462 e. The predicted molar refractivity (Wildman–Crippen MR) is 109 cm³/mol. The van der Waals surface area contributed by atoms with Crippen molar-refractivity contribution in [2.24, 2.45) is 0 Å². The van der Waals surface area contributed by atoms with Crippen LogP contribution in [0.2, 0.25) is 0 Å².